The van der Waals surface area contributed by atoms with E-state index in [0.29, 0.717) is 22.1 Å². The van der Waals surface area contributed by atoms with Gasteiger partial charge in [-0.15, -0.1) is 0 Å². The second-order valence-corrected chi connectivity index (χ2v) is 5.49. The summed E-state index contributed by atoms with van der Waals surface area (Å²) in [5.41, 5.74) is 0.371. The van der Waals surface area contributed by atoms with E-state index in [2.05, 4.69) is 0 Å². The molecule has 118 valence electrons. The average molecular weight is 331 g/mol. The minimum absolute atomic E-state index is 0.352. The summed E-state index contributed by atoms with van der Waals surface area (Å²) in [7, 11) is 0. The van der Waals surface area contributed by atoms with Gasteiger partial charge in [0.1, 0.15) is 23.2 Å². The van der Waals surface area contributed by atoms with Crippen molar-refractivity contribution < 1.29 is 19.1 Å². The maximum absolute atomic E-state index is 12.1. The molecule has 0 saturated carbocycles. The molecular formula is C18H15ClO4. The van der Waals surface area contributed by atoms with Crippen LogP contribution in [0, 0.1) is 0 Å². The number of para-hydroxylation sites is 1. The van der Waals surface area contributed by atoms with E-state index in [1.54, 1.807) is 48.5 Å². The number of benzene rings is 2. The molecule has 1 atom stereocenters. The van der Waals surface area contributed by atoms with Gasteiger partial charge >= 0.3 is 0 Å². The Kier molecular flexibility index (Phi) is 5.29. The monoisotopic (exact) mass is 330 g/mol. The van der Waals surface area contributed by atoms with Crippen LogP contribution in [0.25, 0.3) is 0 Å². The first kappa shape index (κ1) is 16.9. The van der Waals surface area contributed by atoms with Crippen molar-refractivity contribution in [3.63, 3.8) is 0 Å². The van der Waals surface area contributed by atoms with Gasteiger partial charge in [0.2, 0.25) is 5.78 Å². The third kappa shape index (κ3) is 4.05. The van der Waals surface area contributed by atoms with E-state index in [9.17, 15) is 14.4 Å². The molecule has 4 nitrogen and oxygen atoms in total. The third-order valence-corrected chi connectivity index (χ3v) is 3.54. The molecule has 2 aromatic carbocycles. The molecule has 2 aromatic rings. The lowest BCUT2D eigenvalue weighted by atomic mass is 9.89. The van der Waals surface area contributed by atoms with Gasteiger partial charge in [-0.25, -0.2) is 0 Å². The van der Waals surface area contributed by atoms with Crippen molar-refractivity contribution in [3.05, 3.63) is 59.1 Å². The number of ketones is 3. The number of hydrogen-bond donors (Lipinski definition) is 0. The predicted octanol–water partition coefficient (Wildman–Crippen LogP) is 3.96. The molecule has 0 amide bonds. The number of rotatable bonds is 6. The van der Waals surface area contributed by atoms with Crippen LogP contribution in [0.3, 0.4) is 0 Å². The Morgan fingerprint density at radius 2 is 1.57 bits per heavy atom. The summed E-state index contributed by atoms with van der Waals surface area (Å²) >= 11 is 5.83. The summed E-state index contributed by atoms with van der Waals surface area (Å²) in [4.78, 5) is 35.4. The summed E-state index contributed by atoms with van der Waals surface area (Å²) in [6.07, 6.45) is 0. The van der Waals surface area contributed by atoms with Gasteiger partial charge in [0.15, 0.2) is 5.78 Å². The van der Waals surface area contributed by atoms with Crippen LogP contribution in [0.4, 0.5) is 0 Å². The van der Waals surface area contributed by atoms with Crippen molar-refractivity contribution in [1.29, 1.82) is 0 Å². The first-order valence-corrected chi connectivity index (χ1v) is 7.35. The van der Waals surface area contributed by atoms with E-state index in [1.807, 2.05) is 0 Å². The molecular weight excluding hydrogens is 316 g/mol. The van der Waals surface area contributed by atoms with E-state index in [0.717, 1.165) is 6.92 Å². The van der Waals surface area contributed by atoms with E-state index in [1.165, 1.54) is 6.92 Å². The van der Waals surface area contributed by atoms with Crippen molar-refractivity contribution in [3.8, 4) is 11.5 Å². The molecule has 0 aromatic heterocycles. The fraction of sp³-hybridized carbons (Fsp3) is 0.167. The summed E-state index contributed by atoms with van der Waals surface area (Å²) in [6.45, 7) is 2.44. The lowest BCUT2D eigenvalue weighted by Crippen LogP contribution is -2.25. The Labute approximate surface area is 139 Å². The van der Waals surface area contributed by atoms with Gasteiger partial charge in [-0.3, -0.25) is 14.4 Å². The van der Waals surface area contributed by atoms with Gasteiger partial charge < -0.3 is 4.74 Å². The van der Waals surface area contributed by atoms with Crippen LogP contribution in [-0.4, -0.2) is 17.3 Å². The Balaban J connectivity index is 2.42. The molecule has 0 aliphatic rings. The van der Waals surface area contributed by atoms with Gasteiger partial charge in [-0.1, -0.05) is 29.8 Å². The highest BCUT2D eigenvalue weighted by atomic mass is 35.5. The number of hydrogen-bond acceptors (Lipinski definition) is 4. The Bertz CT molecular complexity index is 750. The molecule has 2 rings (SSSR count). The molecule has 0 radical (unpaired) electrons. The molecule has 0 spiro atoms. The highest BCUT2D eigenvalue weighted by molar-refractivity contribution is 6.42. The number of Topliss-reactive ketones (excluding diaryl/α,β-unsaturated/α-hetero) is 3. The van der Waals surface area contributed by atoms with Crippen LogP contribution in [0.15, 0.2) is 48.5 Å². The summed E-state index contributed by atoms with van der Waals surface area (Å²) in [5, 5.41) is 0.569. The first-order valence-electron chi connectivity index (χ1n) is 6.97. The standard InChI is InChI=1S/C18H15ClO4/c1-11(20)17(18(22)12(2)21)15-5-3-4-6-16(15)23-14-9-7-13(19)8-10-14/h3-10,17H,1-2H3. The molecule has 0 aliphatic carbocycles. The summed E-state index contributed by atoms with van der Waals surface area (Å²) < 4.78 is 5.75. The minimum atomic E-state index is -1.16. The molecule has 0 bridgehead atoms. The molecule has 1 unspecified atom stereocenters. The Hall–Kier alpha value is -2.46. The molecule has 0 fully saturated rings. The number of ether oxygens (including phenoxy) is 1. The van der Waals surface area contributed by atoms with Crippen molar-refractivity contribution in [2.75, 3.05) is 0 Å². The quantitative estimate of drug-likeness (QED) is 0.594. The smallest absolute Gasteiger partial charge is 0.213 e. The van der Waals surface area contributed by atoms with Gasteiger partial charge in [-0.2, -0.15) is 0 Å². The zero-order valence-electron chi connectivity index (χ0n) is 12.7. The number of carbonyl (C=O) groups excluding carboxylic acids is 3. The Morgan fingerprint density at radius 3 is 2.13 bits per heavy atom. The lowest BCUT2D eigenvalue weighted by molar-refractivity contribution is -0.138. The zero-order chi connectivity index (χ0) is 17.0. The van der Waals surface area contributed by atoms with Crippen LogP contribution >= 0.6 is 11.6 Å². The lowest BCUT2D eigenvalue weighted by Gasteiger charge is -2.16. The van der Waals surface area contributed by atoms with Gasteiger partial charge in [0.05, 0.1) is 0 Å². The van der Waals surface area contributed by atoms with Crippen molar-refractivity contribution in [1.82, 2.24) is 0 Å². The topological polar surface area (TPSA) is 60.4 Å². The minimum Gasteiger partial charge on any atom is -0.457 e. The van der Waals surface area contributed by atoms with E-state index >= 15 is 0 Å². The van der Waals surface area contributed by atoms with Gasteiger partial charge in [-0.05, 0) is 37.3 Å². The maximum Gasteiger partial charge on any atom is 0.213 e. The van der Waals surface area contributed by atoms with Crippen LogP contribution < -0.4 is 4.74 Å². The van der Waals surface area contributed by atoms with Crippen LogP contribution in [-0.2, 0) is 14.4 Å². The highest BCUT2D eigenvalue weighted by Gasteiger charge is 2.30. The Morgan fingerprint density at radius 1 is 0.957 bits per heavy atom. The molecule has 0 saturated heterocycles. The fourth-order valence-electron chi connectivity index (χ4n) is 2.19. The first-order chi connectivity index (χ1) is 10.9. The van der Waals surface area contributed by atoms with Crippen molar-refractivity contribution >= 4 is 29.0 Å². The van der Waals surface area contributed by atoms with E-state index in [-0.39, 0.29) is 0 Å². The molecule has 0 heterocycles. The zero-order valence-corrected chi connectivity index (χ0v) is 13.5. The van der Waals surface area contributed by atoms with Crippen LogP contribution in [0.1, 0.15) is 25.3 Å². The highest BCUT2D eigenvalue weighted by Crippen LogP contribution is 2.32. The van der Waals surface area contributed by atoms with Crippen molar-refractivity contribution in [2.45, 2.75) is 19.8 Å². The average Bonchev–Trinajstić information content (AvgIpc) is 2.51. The number of halogens is 1. The predicted molar refractivity (Wildman–Crippen MR) is 87.1 cm³/mol. The van der Waals surface area contributed by atoms with Crippen molar-refractivity contribution in [2.24, 2.45) is 0 Å². The fourth-order valence-corrected chi connectivity index (χ4v) is 2.32. The largest absolute Gasteiger partial charge is 0.457 e. The SMILES string of the molecule is CC(=O)C(=O)C(C(C)=O)c1ccccc1Oc1ccc(Cl)cc1. The maximum atomic E-state index is 12.1. The van der Waals surface area contributed by atoms with Gasteiger partial charge in [0.25, 0.3) is 0 Å². The van der Waals surface area contributed by atoms with E-state index in [4.69, 9.17) is 16.3 Å². The van der Waals surface area contributed by atoms with Crippen LogP contribution in [0.5, 0.6) is 11.5 Å². The van der Waals surface area contributed by atoms with Crippen LogP contribution in [0.2, 0.25) is 5.02 Å². The molecule has 23 heavy (non-hydrogen) atoms. The molecule has 0 aliphatic heterocycles. The third-order valence-electron chi connectivity index (χ3n) is 3.29. The second kappa shape index (κ2) is 7.20. The normalized spacial score (nSPS) is 11.6. The molecule has 0 N–H and O–H groups in total. The number of carbonyl (C=O) groups is 3. The van der Waals surface area contributed by atoms with Gasteiger partial charge in [0, 0.05) is 17.5 Å². The second-order valence-electron chi connectivity index (χ2n) is 5.06. The van der Waals surface area contributed by atoms with E-state index < -0.39 is 23.3 Å². The summed E-state index contributed by atoms with van der Waals surface area (Å²) in [6, 6.07) is 13.4. The molecule has 5 heteroatoms. The summed E-state index contributed by atoms with van der Waals surface area (Å²) in [5.74, 6) is -2.10.